The van der Waals surface area contributed by atoms with E-state index in [4.69, 9.17) is 9.47 Å². The molecule has 132 valence electrons. The van der Waals surface area contributed by atoms with Crippen LogP contribution in [-0.4, -0.2) is 29.4 Å². The zero-order valence-corrected chi connectivity index (χ0v) is 15.8. The predicted octanol–water partition coefficient (Wildman–Crippen LogP) is 4.89. The van der Waals surface area contributed by atoms with Crippen LogP contribution in [0.1, 0.15) is 63.1 Å². The monoisotopic (exact) mass is 331 g/mol. The number of rotatable bonds is 5. The quantitative estimate of drug-likeness (QED) is 0.732. The van der Waals surface area contributed by atoms with E-state index < -0.39 is 5.60 Å². The number of carbonyl (C=O) groups excluding carboxylic acids is 1. The third-order valence-corrected chi connectivity index (χ3v) is 4.41. The minimum atomic E-state index is -0.517. The van der Waals surface area contributed by atoms with E-state index in [1.165, 1.54) is 0 Å². The Morgan fingerprint density at radius 1 is 1.25 bits per heavy atom. The summed E-state index contributed by atoms with van der Waals surface area (Å²) in [4.78, 5) is 12.8. The molecule has 2 rings (SSSR count). The van der Waals surface area contributed by atoms with Crippen molar-refractivity contribution in [1.29, 1.82) is 0 Å². The molecule has 0 N–H and O–H groups in total. The first-order chi connectivity index (χ1) is 11.2. The Labute approximate surface area is 144 Å². The number of esters is 1. The third kappa shape index (κ3) is 3.48. The van der Waals surface area contributed by atoms with Gasteiger partial charge in [0.2, 0.25) is 0 Å². The van der Waals surface area contributed by atoms with Crippen molar-refractivity contribution in [2.75, 3.05) is 7.11 Å². The van der Waals surface area contributed by atoms with E-state index in [1.807, 2.05) is 45.9 Å². The molecule has 0 spiro atoms. The molecule has 1 aromatic carbocycles. The summed E-state index contributed by atoms with van der Waals surface area (Å²) in [6.07, 6.45) is 0.997. The standard InChI is InChI=1S/C20H29NO3/c1-8-17(23-7)13(2)21-14(3)18(19(22)24-20(4,5)6)15-11-9-10-12-16(15)21/h9-13,17H,8H2,1-7H3. The topological polar surface area (TPSA) is 40.5 Å². The van der Waals surface area contributed by atoms with E-state index in [0.29, 0.717) is 5.56 Å². The van der Waals surface area contributed by atoms with Crippen LogP contribution in [0.3, 0.4) is 0 Å². The average molecular weight is 331 g/mol. The lowest BCUT2D eigenvalue weighted by Crippen LogP contribution is -2.25. The molecule has 2 unspecified atom stereocenters. The van der Waals surface area contributed by atoms with Gasteiger partial charge in [0.05, 0.1) is 17.7 Å². The predicted molar refractivity (Wildman–Crippen MR) is 97.6 cm³/mol. The number of benzene rings is 1. The zero-order valence-electron chi connectivity index (χ0n) is 15.8. The van der Waals surface area contributed by atoms with Crippen LogP contribution in [0.15, 0.2) is 24.3 Å². The second kappa shape index (κ2) is 6.98. The van der Waals surface area contributed by atoms with Gasteiger partial charge in [0.1, 0.15) is 5.60 Å². The lowest BCUT2D eigenvalue weighted by atomic mass is 10.1. The first-order valence-electron chi connectivity index (χ1n) is 8.57. The number of carbonyl (C=O) groups is 1. The van der Waals surface area contributed by atoms with Crippen LogP contribution >= 0.6 is 0 Å². The summed E-state index contributed by atoms with van der Waals surface area (Å²) in [7, 11) is 1.74. The normalized spacial score (nSPS) is 14.6. The highest BCUT2D eigenvalue weighted by molar-refractivity contribution is 6.06. The molecule has 0 bridgehead atoms. The fraction of sp³-hybridized carbons (Fsp3) is 0.550. The molecule has 0 aliphatic rings. The molecule has 0 saturated heterocycles. The second-order valence-electron chi connectivity index (χ2n) is 7.27. The number of hydrogen-bond acceptors (Lipinski definition) is 3. The molecule has 2 aromatic rings. The Balaban J connectivity index is 2.62. The van der Waals surface area contributed by atoms with Crippen LogP contribution in [0.2, 0.25) is 0 Å². The molecule has 0 amide bonds. The Morgan fingerprint density at radius 3 is 2.42 bits per heavy atom. The van der Waals surface area contributed by atoms with E-state index >= 15 is 0 Å². The maximum atomic E-state index is 12.8. The largest absolute Gasteiger partial charge is 0.456 e. The fourth-order valence-corrected chi connectivity index (χ4v) is 3.37. The highest BCUT2D eigenvalue weighted by atomic mass is 16.6. The number of para-hydroxylation sites is 1. The molecule has 0 fully saturated rings. The highest BCUT2D eigenvalue weighted by Crippen LogP contribution is 2.32. The van der Waals surface area contributed by atoms with E-state index in [-0.39, 0.29) is 18.1 Å². The fourth-order valence-electron chi connectivity index (χ4n) is 3.37. The second-order valence-corrected chi connectivity index (χ2v) is 7.27. The Kier molecular flexibility index (Phi) is 5.38. The van der Waals surface area contributed by atoms with Gasteiger partial charge in [-0.1, -0.05) is 25.1 Å². The molecular weight excluding hydrogens is 302 g/mol. The van der Waals surface area contributed by atoms with Crippen LogP contribution in [0.5, 0.6) is 0 Å². The van der Waals surface area contributed by atoms with Crippen molar-refractivity contribution in [3.05, 3.63) is 35.5 Å². The van der Waals surface area contributed by atoms with Gasteiger partial charge >= 0.3 is 5.97 Å². The number of ether oxygens (including phenoxy) is 2. The van der Waals surface area contributed by atoms with Crippen molar-refractivity contribution in [3.63, 3.8) is 0 Å². The summed E-state index contributed by atoms with van der Waals surface area (Å²) in [5, 5.41) is 0.932. The average Bonchev–Trinajstić information content (AvgIpc) is 2.78. The van der Waals surface area contributed by atoms with E-state index in [2.05, 4.69) is 24.5 Å². The molecule has 24 heavy (non-hydrogen) atoms. The lowest BCUT2D eigenvalue weighted by Gasteiger charge is -2.25. The summed E-state index contributed by atoms with van der Waals surface area (Å²) in [6.45, 7) is 11.9. The first kappa shape index (κ1) is 18.5. The van der Waals surface area contributed by atoms with Crippen LogP contribution in [0, 0.1) is 6.92 Å². The lowest BCUT2D eigenvalue weighted by molar-refractivity contribution is 0.00699. The van der Waals surface area contributed by atoms with Gasteiger partial charge in [0, 0.05) is 23.7 Å². The van der Waals surface area contributed by atoms with Crippen molar-refractivity contribution >= 4 is 16.9 Å². The van der Waals surface area contributed by atoms with Gasteiger partial charge in [-0.15, -0.1) is 0 Å². The number of hydrogen-bond donors (Lipinski definition) is 0. The zero-order chi connectivity index (χ0) is 18.1. The SMILES string of the molecule is CCC(OC)C(C)n1c(C)c(C(=O)OC(C)(C)C)c2ccccc21. The minimum absolute atomic E-state index is 0.0889. The molecule has 2 atom stereocenters. The molecule has 0 aliphatic carbocycles. The van der Waals surface area contributed by atoms with Crippen LogP contribution in [0.4, 0.5) is 0 Å². The van der Waals surface area contributed by atoms with Crippen LogP contribution < -0.4 is 0 Å². The van der Waals surface area contributed by atoms with Crippen molar-refractivity contribution in [1.82, 2.24) is 4.57 Å². The van der Waals surface area contributed by atoms with E-state index in [1.54, 1.807) is 7.11 Å². The smallest absolute Gasteiger partial charge is 0.341 e. The maximum Gasteiger partial charge on any atom is 0.341 e. The molecule has 0 aliphatic heterocycles. The summed E-state index contributed by atoms with van der Waals surface area (Å²) in [5.41, 5.74) is 2.10. The van der Waals surface area contributed by atoms with Crippen molar-refractivity contribution in [2.24, 2.45) is 0 Å². The van der Waals surface area contributed by atoms with Crippen molar-refractivity contribution in [3.8, 4) is 0 Å². The van der Waals surface area contributed by atoms with Crippen molar-refractivity contribution < 1.29 is 14.3 Å². The molecule has 1 aromatic heterocycles. The van der Waals surface area contributed by atoms with Gasteiger partial charge in [0.25, 0.3) is 0 Å². The number of fused-ring (bicyclic) bond motifs is 1. The molecule has 0 radical (unpaired) electrons. The highest BCUT2D eigenvalue weighted by Gasteiger charge is 2.28. The summed E-state index contributed by atoms with van der Waals surface area (Å²) in [5.74, 6) is -0.271. The van der Waals surface area contributed by atoms with Crippen LogP contribution in [-0.2, 0) is 9.47 Å². The summed E-state index contributed by atoms with van der Waals surface area (Å²) in [6, 6.07) is 8.12. The number of nitrogens with zero attached hydrogens (tertiary/aromatic N) is 1. The van der Waals surface area contributed by atoms with Crippen molar-refractivity contribution in [2.45, 2.75) is 65.7 Å². The van der Waals surface area contributed by atoms with Gasteiger partial charge < -0.3 is 14.0 Å². The first-order valence-corrected chi connectivity index (χ1v) is 8.57. The van der Waals surface area contributed by atoms with Gasteiger partial charge in [0.15, 0.2) is 0 Å². The Bertz CT molecular complexity index is 720. The molecule has 4 nitrogen and oxygen atoms in total. The van der Waals surface area contributed by atoms with Gasteiger partial charge in [-0.05, 0) is 47.1 Å². The molecule has 4 heteroatoms. The van der Waals surface area contributed by atoms with E-state index in [9.17, 15) is 4.79 Å². The van der Waals surface area contributed by atoms with Gasteiger partial charge in [-0.3, -0.25) is 0 Å². The number of methoxy groups -OCH3 is 1. The summed E-state index contributed by atoms with van der Waals surface area (Å²) < 4.78 is 13.5. The van der Waals surface area contributed by atoms with Crippen LogP contribution in [0.25, 0.3) is 10.9 Å². The molecule has 0 saturated carbocycles. The third-order valence-electron chi connectivity index (χ3n) is 4.41. The van der Waals surface area contributed by atoms with Gasteiger partial charge in [-0.25, -0.2) is 4.79 Å². The number of aromatic nitrogens is 1. The minimum Gasteiger partial charge on any atom is -0.456 e. The van der Waals surface area contributed by atoms with Gasteiger partial charge in [-0.2, -0.15) is 0 Å². The maximum absolute atomic E-state index is 12.8. The van der Waals surface area contributed by atoms with E-state index in [0.717, 1.165) is 23.0 Å². The summed E-state index contributed by atoms with van der Waals surface area (Å²) >= 11 is 0. The molecular formula is C20H29NO3. The Morgan fingerprint density at radius 2 is 1.88 bits per heavy atom. The Hall–Kier alpha value is -1.81. The molecule has 1 heterocycles.